The third kappa shape index (κ3) is 7.24. The Kier molecular flexibility index (Phi) is 8.51. The first-order chi connectivity index (χ1) is 2.64. The normalized spacial score (nSPS) is 11.7. The van der Waals surface area contributed by atoms with Crippen molar-refractivity contribution in [3.8, 4) is 0 Å². The molecule has 0 saturated heterocycles. The Balaban J connectivity index is 0. The van der Waals surface area contributed by atoms with Gasteiger partial charge < -0.3 is 10.2 Å². The number of carboxylic acid groups (broad SMARTS) is 1. The summed E-state index contributed by atoms with van der Waals surface area (Å²) in [5, 5.41) is 15.8. The van der Waals surface area contributed by atoms with Gasteiger partial charge in [0.05, 0.1) is 0 Å². The van der Waals surface area contributed by atoms with Gasteiger partial charge in [0, 0.05) is 0 Å². The summed E-state index contributed by atoms with van der Waals surface area (Å²) in [6.45, 7) is 1.20. The van der Waals surface area contributed by atoms with Gasteiger partial charge in [0.1, 0.15) is 6.10 Å². The summed E-state index contributed by atoms with van der Waals surface area (Å²) >= 11 is 0. The number of aliphatic hydroxyl groups excluding tert-OH is 1. The van der Waals surface area contributed by atoms with Crippen molar-refractivity contribution in [3.63, 3.8) is 0 Å². The zero-order valence-corrected chi connectivity index (χ0v) is 3.38. The van der Waals surface area contributed by atoms with Gasteiger partial charge in [-0.25, -0.2) is 4.79 Å². The summed E-state index contributed by atoms with van der Waals surface area (Å²) in [7, 11) is 0. The maximum absolute atomic E-state index is 9.45. The molecule has 0 aliphatic heterocycles. The molecule has 0 aromatic heterocycles. The van der Waals surface area contributed by atoms with E-state index in [1.54, 1.807) is 0 Å². The number of carboxylic acids is 1. The fourth-order valence-electron chi connectivity index (χ4n) is 0. The maximum atomic E-state index is 9.45. The molecule has 0 spiro atoms. The van der Waals surface area contributed by atoms with Crippen molar-refractivity contribution in [2.75, 3.05) is 0 Å². The number of hydrogen-bond donors (Lipinski definition) is 2. The fourth-order valence-corrected chi connectivity index (χ4v) is 0. The molecule has 3 nitrogen and oxygen atoms in total. The quantitative estimate of drug-likeness (QED) is 0.528. The fraction of sp³-hybridized carbons (Fsp3) is 0.667. The van der Waals surface area contributed by atoms with Crippen molar-refractivity contribution >= 4 is 64.2 Å². The van der Waals surface area contributed by atoms with E-state index in [0.29, 0.717) is 0 Å². The van der Waals surface area contributed by atoms with Crippen LogP contribution in [0.3, 0.4) is 0 Å². The van der Waals surface area contributed by atoms with E-state index in [0.717, 1.165) is 0 Å². The number of aliphatic carboxylic acids is 1. The van der Waals surface area contributed by atoms with Gasteiger partial charge in [-0.2, -0.15) is 0 Å². The first-order valence-corrected chi connectivity index (χ1v) is 1.55. The molecule has 0 amide bonds. The van der Waals surface area contributed by atoms with Gasteiger partial charge in [-0.05, 0) is 6.92 Å². The van der Waals surface area contributed by atoms with Crippen molar-refractivity contribution in [1.82, 2.24) is 0 Å². The van der Waals surface area contributed by atoms with Crippen LogP contribution in [0.4, 0.5) is 0 Å². The van der Waals surface area contributed by atoms with Gasteiger partial charge in [0.25, 0.3) is 0 Å². The number of hydrogen-bond acceptors (Lipinski definition) is 2. The molecule has 0 bridgehead atoms. The number of aliphatic hydroxyl groups is 1. The average Bonchev–Trinajstić information content (AvgIpc) is 1.36. The molecule has 0 aliphatic carbocycles. The van der Waals surface area contributed by atoms with Gasteiger partial charge in [-0.3, -0.25) is 0 Å². The third-order valence-electron chi connectivity index (χ3n) is 0.357. The van der Waals surface area contributed by atoms with Crippen molar-refractivity contribution < 1.29 is 15.0 Å². The summed E-state index contributed by atoms with van der Waals surface area (Å²) in [5.74, 6) is -1.19. The molecular weight excluding hydrogens is 169 g/mol. The van der Waals surface area contributed by atoms with E-state index in [9.17, 15) is 4.79 Å². The molecule has 4 heteroatoms. The van der Waals surface area contributed by atoms with Crippen LogP contribution in [0, 0.1) is 0 Å². The van der Waals surface area contributed by atoms with E-state index in [-0.39, 0.29) is 58.2 Å². The standard InChI is InChI=1S/C3H6O3.Rb.H/c1-2(4)3(5)6;;/h2,4H,1H3,(H,5,6);;. The van der Waals surface area contributed by atoms with E-state index in [1.807, 2.05) is 0 Å². The Morgan fingerprint density at radius 2 is 1.86 bits per heavy atom. The van der Waals surface area contributed by atoms with Crippen LogP contribution in [0.25, 0.3) is 0 Å². The molecule has 0 rings (SSSR count). The van der Waals surface area contributed by atoms with Crippen molar-refractivity contribution in [2.45, 2.75) is 13.0 Å². The molecule has 38 valence electrons. The topological polar surface area (TPSA) is 57.5 Å². The van der Waals surface area contributed by atoms with Crippen molar-refractivity contribution in [3.05, 3.63) is 0 Å². The Morgan fingerprint density at radius 1 is 1.71 bits per heavy atom. The summed E-state index contributed by atoms with van der Waals surface area (Å²) in [6, 6.07) is 0. The van der Waals surface area contributed by atoms with Crippen LogP contribution in [0.15, 0.2) is 0 Å². The van der Waals surface area contributed by atoms with Crippen LogP contribution in [0.5, 0.6) is 0 Å². The Bertz CT molecular complexity index is 61.2. The van der Waals surface area contributed by atoms with E-state index in [2.05, 4.69) is 0 Å². The van der Waals surface area contributed by atoms with Gasteiger partial charge in [0.2, 0.25) is 0 Å². The summed E-state index contributed by atoms with van der Waals surface area (Å²) in [5.41, 5.74) is 0. The van der Waals surface area contributed by atoms with Crippen molar-refractivity contribution in [1.29, 1.82) is 0 Å². The van der Waals surface area contributed by atoms with Gasteiger partial charge in [-0.1, -0.05) is 0 Å². The predicted octanol–water partition coefficient (Wildman–Crippen LogP) is -1.20. The van der Waals surface area contributed by atoms with E-state index >= 15 is 0 Å². The Hall–Kier alpha value is 1.24. The zero-order valence-electron chi connectivity index (χ0n) is 3.38. The van der Waals surface area contributed by atoms with E-state index in [1.165, 1.54) is 6.92 Å². The summed E-state index contributed by atoms with van der Waals surface area (Å²) in [6.07, 6.45) is -1.23. The zero-order chi connectivity index (χ0) is 5.15. The molecule has 0 heterocycles. The molecule has 0 radical (unpaired) electrons. The summed E-state index contributed by atoms with van der Waals surface area (Å²) in [4.78, 5) is 9.45. The molecule has 0 aromatic rings. The molecule has 1 unspecified atom stereocenters. The van der Waals surface area contributed by atoms with Gasteiger partial charge >= 0.3 is 64.2 Å². The number of carbonyl (C=O) groups is 1. The van der Waals surface area contributed by atoms with Crippen LogP contribution < -0.4 is 0 Å². The van der Waals surface area contributed by atoms with Crippen LogP contribution in [0.2, 0.25) is 0 Å². The molecular formula is C3H7O3Rb. The van der Waals surface area contributed by atoms with Crippen molar-refractivity contribution in [2.24, 2.45) is 0 Å². The molecule has 7 heavy (non-hydrogen) atoms. The second-order valence-corrected chi connectivity index (χ2v) is 1.01. The van der Waals surface area contributed by atoms with Crippen LogP contribution in [0.1, 0.15) is 6.92 Å². The molecule has 2 N–H and O–H groups in total. The molecule has 1 atom stereocenters. The summed E-state index contributed by atoms with van der Waals surface area (Å²) < 4.78 is 0. The first kappa shape index (κ1) is 11.1. The van der Waals surface area contributed by atoms with Crippen LogP contribution in [-0.4, -0.2) is 80.5 Å². The SMILES string of the molecule is CC(O)C(=O)O.[RbH]. The first-order valence-electron chi connectivity index (χ1n) is 1.55. The average molecular weight is 177 g/mol. The Labute approximate surface area is 90.5 Å². The third-order valence-corrected chi connectivity index (χ3v) is 0.357. The second-order valence-electron chi connectivity index (χ2n) is 1.01. The molecule has 0 aromatic carbocycles. The van der Waals surface area contributed by atoms with Crippen LogP contribution >= 0.6 is 0 Å². The van der Waals surface area contributed by atoms with Crippen LogP contribution in [-0.2, 0) is 4.79 Å². The monoisotopic (exact) mass is 176 g/mol. The minimum atomic E-state index is -1.23. The van der Waals surface area contributed by atoms with Gasteiger partial charge in [-0.15, -0.1) is 0 Å². The van der Waals surface area contributed by atoms with E-state index in [4.69, 9.17) is 10.2 Å². The van der Waals surface area contributed by atoms with E-state index < -0.39 is 12.1 Å². The predicted molar refractivity (Wildman–Crippen MR) is 26.5 cm³/mol. The second kappa shape index (κ2) is 5.37. The molecule has 0 saturated carbocycles. The molecule has 0 aliphatic rings. The number of rotatable bonds is 1. The molecule has 0 fully saturated rings. The Morgan fingerprint density at radius 3 is 1.86 bits per heavy atom. The minimum absolute atomic E-state index is 0. The van der Waals surface area contributed by atoms with Gasteiger partial charge in [0.15, 0.2) is 0 Å².